The summed E-state index contributed by atoms with van der Waals surface area (Å²) in [5, 5.41) is 0. The van der Waals surface area contributed by atoms with Crippen molar-refractivity contribution in [3.8, 4) is 5.75 Å². The molecule has 2 aromatic rings. The van der Waals surface area contributed by atoms with Crippen LogP contribution in [-0.2, 0) is 17.4 Å². The molecule has 120 valence electrons. The van der Waals surface area contributed by atoms with E-state index in [0.717, 1.165) is 11.4 Å². The van der Waals surface area contributed by atoms with E-state index in [4.69, 9.17) is 17.0 Å². The van der Waals surface area contributed by atoms with E-state index in [1.807, 2.05) is 6.20 Å². The molecule has 0 aliphatic carbocycles. The van der Waals surface area contributed by atoms with Crippen molar-refractivity contribution in [1.82, 2.24) is 9.97 Å². The first-order chi connectivity index (χ1) is 10.1. The summed E-state index contributed by atoms with van der Waals surface area (Å²) in [6, 6.07) is 6.51. The molecule has 0 fully saturated rings. The highest BCUT2D eigenvalue weighted by molar-refractivity contribution is 7.71. The summed E-state index contributed by atoms with van der Waals surface area (Å²) in [4.78, 5) is 6.03. The molecule has 3 nitrogen and oxygen atoms in total. The summed E-state index contributed by atoms with van der Waals surface area (Å²) in [5.41, 5.74) is 3.66. The van der Waals surface area contributed by atoms with Gasteiger partial charge < -0.3 is 14.7 Å². The molecular weight excluding hydrogens is 292 g/mol. The smallest absolute Gasteiger partial charge is 0.174 e. The topological polar surface area (TPSA) is 40.8 Å². The van der Waals surface area contributed by atoms with Gasteiger partial charge in [0.2, 0.25) is 0 Å². The van der Waals surface area contributed by atoms with E-state index in [1.54, 1.807) is 0 Å². The van der Waals surface area contributed by atoms with Gasteiger partial charge in [0.05, 0.1) is 5.69 Å². The van der Waals surface area contributed by atoms with Gasteiger partial charge in [0.25, 0.3) is 0 Å². The Bertz CT molecular complexity index is 699. The number of rotatable bonds is 3. The molecule has 0 radical (unpaired) electrons. The van der Waals surface area contributed by atoms with Gasteiger partial charge in [0, 0.05) is 6.20 Å². The van der Waals surface area contributed by atoms with Gasteiger partial charge in [-0.3, -0.25) is 0 Å². The second kappa shape index (κ2) is 5.92. The Kier molecular flexibility index (Phi) is 4.52. The van der Waals surface area contributed by atoms with E-state index in [0.29, 0.717) is 11.4 Å². The average Bonchev–Trinajstić information content (AvgIpc) is 2.80. The second-order valence-electron chi connectivity index (χ2n) is 7.77. The lowest BCUT2D eigenvalue weighted by Gasteiger charge is -2.27. The van der Waals surface area contributed by atoms with E-state index in [2.05, 4.69) is 69.7 Å². The molecule has 0 unspecified atom stereocenters. The lowest BCUT2D eigenvalue weighted by molar-refractivity contribution is 0.293. The molecule has 22 heavy (non-hydrogen) atoms. The van der Waals surface area contributed by atoms with Crippen molar-refractivity contribution in [2.75, 3.05) is 0 Å². The maximum atomic E-state index is 6.03. The average molecular weight is 318 g/mol. The van der Waals surface area contributed by atoms with Gasteiger partial charge in [-0.25, -0.2) is 0 Å². The zero-order valence-electron chi connectivity index (χ0n) is 14.3. The minimum absolute atomic E-state index is 0.0294. The third-order valence-electron chi connectivity index (χ3n) is 3.69. The minimum Gasteiger partial charge on any atom is -0.487 e. The molecule has 0 amide bonds. The standard InChI is InChI=1S/C18H26N2OS/c1-17(2,3)12-7-8-15(14(9-12)18(4,5)6)21-11-13-10-19-16(22)20-13/h7-10H,11H2,1-6H3,(H2,19,20,22). The normalized spacial score (nSPS) is 12.5. The van der Waals surface area contributed by atoms with Crippen molar-refractivity contribution in [2.45, 2.75) is 59.0 Å². The summed E-state index contributed by atoms with van der Waals surface area (Å²) in [6.45, 7) is 13.8. The fourth-order valence-corrected chi connectivity index (χ4v) is 2.50. The Morgan fingerprint density at radius 3 is 2.23 bits per heavy atom. The van der Waals surface area contributed by atoms with Gasteiger partial charge in [-0.05, 0) is 40.2 Å². The SMILES string of the molecule is CC(C)(C)c1ccc(OCc2c[nH]c(=S)[nH]2)c(C(C)(C)C)c1. The number of aromatic amines is 2. The quantitative estimate of drug-likeness (QED) is 0.759. The molecule has 0 saturated carbocycles. The number of H-pyrrole nitrogens is 2. The third kappa shape index (κ3) is 4.01. The van der Waals surface area contributed by atoms with Crippen molar-refractivity contribution < 1.29 is 4.74 Å². The predicted octanol–water partition coefficient (Wildman–Crippen LogP) is 5.25. The number of aromatic nitrogens is 2. The number of ether oxygens (including phenoxy) is 1. The lowest BCUT2D eigenvalue weighted by Crippen LogP contribution is -2.17. The molecule has 4 heteroatoms. The van der Waals surface area contributed by atoms with Crippen molar-refractivity contribution in [1.29, 1.82) is 0 Å². The largest absolute Gasteiger partial charge is 0.487 e. The molecule has 1 aromatic carbocycles. The molecule has 0 saturated heterocycles. The van der Waals surface area contributed by atoms with Crippen LogP contribution in [0.4, 0.5) is 0 Å². The summed E-state index contributed by atoms with van der Waals surface area (Å²) >= 11 is 5.04. The maximum Gasteiger partial charge on any atom is 0.174 e. The van der Waals surface area contributed by atoms with Crippen LogP contribution in [0.3, 0.4) is 0 Å². The first-order valence-corrected chi connectivity index (χ1v) is 8.02. The lowest BCUT2D eigenvalue weighted by atomic mass is 9.80. The van der Waals surface area contributed by atoms with Crippen LogP contribution in [0.25, 0.3) is 0 Å². The molecule has 2 N–H and O–H groups in total. The summed E-state index contributed by atoms with van der Waals surface area (Å²) < 4.78 is 6.66. The van der Waals surface area contributed by atoms with Crippen molar-refractivity contribution in [3.05, 3.63) is 46.0 Å². The number of benzene rings is 1. The fourth-order valence-electron chi connectivity index (χ4n) is 2.31. The molecule has 0 aliphatic heterocycles. The number of hydrogen-bond acceptors (Lipinski definition) is 2. The summed E-state index contributed by atoms with van der Waals surface area (Å²) in [7, 11) is 0. The second-order valence-corrected chi connectivity index (χ2v) is 8.18. The molecule has 0 atom stereocenters. The molecule has 1 heterocycles. The highest BCUT2D eigenvalue weighted by Crippen LogP contribution is 2.35. The fraction of sp³-hybridized carbons (Fsp3) is 0.500. The van der Waals surface area contributed by atoms with E-state index < -0.39 is 0 Å². The van der Waals surface area contributed by atoms with Crippen LogP contribution >= 0.6 is 12.2 Å². The van der Waals surface area contributed by atoms with Crippen LogP contribution in [0, 0.1) is 4.77 Å². The molecule has 0 bridgehead atoms. The van der Waals surface area contributed by atoms with Crippen molar-refractivity contribution in [2.24, 2.45) is 0 Å². The van der Waals surface area contributed by atoms with Gasteiger partial charge >= 0.3 is 0 Å². The predicted molar refractivity (Wildman–Crippen MR) is 94.2 cm³/mol. The van der Waals surface area contributed by atoms with E-state index in [9.17, 15) is 0 Å². The molecule has 0 spiro atoms. The van der Waals surface area contributed by atoms with Crippen LogP contribution in [0.2, 0.25) is 0 Å². The first-order valence-electron chi connectivity index (χ1n) is 7.62. The van der Waals surface area contributed by atoms with Crippen molar-refractivity contribution >= 4 is 12.2 Å². The zero-order valence-corrected chi connectivity index (χ0v) is 15.1. The summed E-state index contributed by atoms with van der Waals surface area (Å²) in [6.07, 6.45) is 1.85. The Morgan fingerprint density at radius 1 is 1.05 bits per heavy atom. The van der Waals surface area contributed by atoms with Crippen LogP contribution in [-0.4, -0.2) is 9.97 Å². The van der Waals surface area contributed by atoms with Gasteiger partial charge in [0.15, 0.2) is 4.77 Å². The van der Waals surface area contributed by atoms with Crippen LogP contribution in [0.5, 0.6) is 5.75 Å². The monoisotopic (exact) mass is 318 g/mol. The molecule has 0 aliphatic rings. The number of imidazole rings is 1. The zero-order chi connectivity index (χ0) is 16.5. The van der Waals surface area contributed by atoms with Gasteiger partial charge in [-0.2, -0.15) is 0 Å². The van der Waals surface area contributed by atoms with Gasteiger partial charge in [-0.15, -0.1) is 0 Å². The molecule has 1 aromatic heterocycles. The third-order valence-corrected chi connectivity index (χ3v) is 3.91. The van der Waals surface area contributed by atoms with E-state index >= 15 is 0 Å². The van der Waals surface area contributed by atoms with Gasteiger partial charge in [0.1, 0.15) is 12.4 Å². The van der Waals surface area contributed by atoms with Crippen molar-refractivity contribution in [3.63, 3.8) is 0 Å². The Labute approximate surface area is 138 Å². The molecule has 2 rings (SSSR count). The highest BCUT2D eigenvalue weighted by Gasteiger charge is 2.23. The highest BCUT2D eigenvalue weighted by atomic mass is 32.1. The number of hydrogen-bond donors (Lipinski definition) is 2. The Balaban J connectivity index is 2.32. The van der Waals surface area contributed by atoms with E-state index in [1.165, 1.54) is 11.1 Å². The van der Waals surface area contributed by atoms with Gasteiger partial charge in [-0.1, -0.05) is 53.7 Å². The Hall–Kier alpha value is -1.55. The molecular formula is C18H26N2OS. The van der Waals surface area contributed by atoms with Crippen LogP contribution < -0.4 is 4.74 Å². The van der Waals surface area contributed by atoms with E-state index in [-0.39, 0.29) is 10.8 Å². The minimum atomic E-state index is 0.0294. The summed E-state index contributed by atoms with van der Waals surface area (Å²) in [5.74, 6) is 0.931. The maximum absolute atomic E-state index is 6.03. The first kappa shape index (κ1) is 16.8. The van der Waals surface area contributed by atoms with Crippen LogP contribution in [0.15, 0.2) is 24.4 Å². The Morgan fingerprint density at radius 2 is 1.73 bits per heavy atom. The number of nitrogens with one attached hydrogen (secondary N) is 2. The van der Waals surface area contributed by atoms with Crippen LogP contribution in [0.1, 0.15) is 58.4 Å².